The quantitative estimate of drug-likeness (QED) is 0.786. The molecule has 0 saturated heterocycles. The number of carbonyl (C=O) groups excluding carboxylic acids is 1. The molecule has 2 atom stereocenters. The molecule has 106 valence electrons. The average molecular weight is 266 g/mol. The van der Waals surface area contributed by atoms with Crippen LogP contribution in [0.3, 0.4) is 0 Å². The van der Waals surface area contributed by atoms with Crippen LogP contribution in [0.1, 0.15) is 38.3 Å². The highest BCUT2D eigenvalue weighted by Crippen LogP contribution is 2.27. The summed E-state index contributed by atoms with van der Waals surface area (Å²) < 4.78 is 1.86. The van der Waals surface area contributed by atoms with Gasteiger partial charge in [0, 0.05) is 32.3 Å². The fourth-order valence-corrected chi connectivity index (χ4v) is 2.75. The number of hydrogen-bond donors (Lipinski definition) is 2. The minimum atomic E-state index is 0.0409. The van der Waals surface area contributed by atoms with Gasteiger partial charge in [-0.15, -0.1) is 5.10 Å². The normalized spacial score (nSPS) is 22.6. The van der Waals surface area contributed by atoms with E-state index in [0.29, 0.717) is 5.92 Å². The van der Waals surface area contributed by atoms with Crippen LogP contribution in [-0.2, 0) is 17.8 Å². The van der Waals surface area contributed by atoms with E-state index in [1.54, 1.807) is 6.92 Å². The van der Waals surface area contributed by atoms with Gasteiger partial charge in [-0.25, -0.2) is 0 Å². The minimum absolute atomic E-state index is 0.0409. The Hall–Kier alpha value is -1.43. The highest BCUT2D eigenvalue weighted by Gasteiger charge is 2.28. The van der Waals surface area contributed by atoms with Crippen LogP contribution < -0.4 is 5.32 Å². The third-order valence-corrected chi connectivity index (χ3v) is 3.65. The first kappa shape index (κ1) is 14.0. The van der Waals surface area contributed by atoms with Gasteiger partial charge >= 0.3 is 0 Å². The molecular weight excluding hydrogens is 244 g/mol. The third-order valence-electron chi connectivity index (χ3n) is 3.65. The lowest BCUT2D eigenvalue weighted by molar-refractivity contribution is -0.119. The van der Waals surface area contributed by atoms with E-state index in [1.807, 2.05) is 10.9 Å². The van der Waals surface area contributed by atoms with Crippen LogP contribution in [0, 0.1) is 5.92 Å². The van der Waals surface area contributed by atoms with E-state index in [-0.39, 0.29) is 18.6 Å². The fourth-order valence-electron chi connectivity index (χ4n) is 2.75. The number of carbonyl (C=O) groups is 1. The molecule has 1 saturated carbocycles. The second-order valence-corrected chi connectivity index (χ2v) is 5.26. The van der Waals surface area contributed by atoms with Gasteiger partial charge in [0.05, 0.1) is 5.69 Å². The van der Waals surface area contributed by atoms with E-state index in [9.17, 15) is 4.79 Å². The lowest BCUT2D eigenvalue weighted by atomic mass is 10.0. The number of nitrogens with one attached hydrogen (secondary N) is 1. The zero-order chi connectivity index (χ0) is 13.7. The van der Waals surface area contributed by atoms with E-state index >= 15 is 0 Å². The number of aliphatic hydroxyl groups is 1. The van der Waals surface area contributed by atoms with Crippen LogP contribution in [-0.4, -0.2) is 38.7 Å². The van der Waals surface area contributed by atoms with Crippen molar-refractivity contribution in [2.75, 3.05) is 6.61 Å². The van der Waals surface area contributed by atoms with E-state index in [4.69, 9.17) is 5.11 Å². The Balaban J connectivity index is 1.88. The Labute approximate surface area is 113 Å². The molecule has 0 aromatic carbocycles. The van der Waals surface area contributed by atoms with Gasteiger partial charge in [-0.3, -0.25) is 9.48 Å². The van der Waals surface area contributed by atoms with Crippen LogP contribution in [0.25, 0.3) is 0 Å². The Morgan fingerprint density at radius 3 is 3.16 bits per heavy atom. The first-order valence-corrected chi connectivity index (χ1v) is 6.96. The summed E-state index contributed by atoms with van der Waals surface area (Å²) in [5, 5.41) is 20.0. The number of amides is 1. The molecule has 1 fully saturated rings. The van der Waals surface area contributed by atoms with Crippen LogP contribution >= 0.6 is 0 Å². The molecule has 1 aliphatic carbocycles. The van der Waals surface area contributed by atoms with Gasteiger partial charge in [0.25, 0.3) is 0 Å². The van der Waals surface area contributed by atoms with E-state index in [1.165, 1.54) is 0 Å². The van der Waals surface area contributed by atoms with Crippen molar-refractivity contribution >= 4 is 5.91 Å². The molecule has 0 spiro atoms. The molecule has 0 aliphatic heterocycles. The van der Waals surface area contributed by atoms with E-state index < -0.39 is 0 Å². The number of aliphatic hydroxyl groups excluding tert-OH is 1. The van der Waals surface area contributed by atoms with Crippen molar-refractivity contribution in [2.45, 2.75) is 51.6 Å². The molecule has 1 amide bonds. The van der Waals surface area contributed by atoms with Crippen molar-refractivity contribution in [1.29, 1.82) is 0 Å². The summed E-state index contributed by atoms with van der Waals surface area (Å²) in [6.07, 6.45) is 6.75. The third kappa shape index (κ3) is 4.02. The Bertz CT molecular complexity index is 419. The molecule has 0 unspecified atom stereocenters. The molecule has 1 aromatic rings. The SMILES string of the molecule is CC(=O)N[C@@H]1CCC[C@@H]1Cn1cc(CCCO)nn1. The second kappa shape index (κ2) is 6.65. The first-order valence-electron chi connectivity index (χ1n) is 6.96. The van der Waals surface area contributed by atoms with Gasteiger partial charge < -0.3 is 10.4 Å². The number of aromatic nitrogens is 3. The van der Waals surface area contributed by atoms with Crippen LogP contribution in [0.4, 0.5) is 0 Å². The van der Waals surface area contributed by atoms with E-state index in [0.717, 1.165) is 44.3 Å². The maximum absolute atomic E-state index is 11.2. The summed E-state index contributed by atoms with van der Waals surface area (Å²) in [7, 11) is 0. The second-order valence-electron chi connectivity index (χ2n) is 5.26. The number of nitrogens with zero attached hydrogens (tertiary/aromatic N) is 3. The van der Waals surface area contributed by atoms with Crippen molar-refractivity contribution in [3.05, 3.63) is 11.9 Å². The molecule has 0 radical (unpaired) electrons. The Morgan fingerprint density at radius 1 is 1.58 bits per heavy atom. The minimum Gasteiger partial charge on any atom is -0.396 e. The number of aryl methyl sites for hydroxylation is 1. The zero-order valence-electron chi connectivity index (χ0n) is 11.4. The summed E-state index contributed by atoms with van der Waals surface area (Å²) >= 11 is 0. The van der Waals surface area contributed by atoms with Crippen LogP contribution in [0.2, 0.25) is 0 Å². The van der Waals surface area contributed by atoms with Crippen molar-refractivity contribution in [2.24, 2.45) is 5.92 Å². The molecule has 0 bridgehead atoms. The molecule has 2 rings (SSSR count). The van der Waals surface area contributed by atoms with E-state index in [2.05, 4.69) is 15.6 Å². The van der Waals surface area contributed by atoms with Gasteiger partial charge in [0.15, 0.2) is 0 Å². The summed E-state index contributed by atoms with van der Waals surface area (Å²) in [5.74, 6) is 0.482. The van der Waals surface area contributed by atoms with Crippen molar-refractivity contribution < 1.29 is 9.90 Å². The van der Waals surface area contributed by atoms with Crippen molar-refractivity contribution in [3.8, 4) is 0 Å². The summed E-state index contributed by atoms with van der Waals surface area (Å²) in [6.45, 7) is 2.55. The molecule has 19 heavy (non-hydrogen) atoms. The highest BCUT2D eigenvalue weighted by atomic mass is 16.2. The summed E-state index contributed by atoms with van der Waals surface area (Å²) in [4.78, 5) is 11.2. The topological polar surface area (TPSA) is 80.0 Å². The van der Waals surface area contributed by atoms with Gasteiger partial charge in [0.1, 0.15) is 0 Å². The maximum Gasteiger partial charge on any atom is 0.217 e. The molecule has 2 N–H and O–H groups in total. The van der Waals surface area contributed by atoms with Crippen LogP contribution in [0.5, 0.6) is 0 Å². The monoisotopic (exact) mass is 266 g/mol. The molecule has 1 aliphatic rings. The summed E-state index contributed by atoms with van der Waals surface area (Å²) in [5.41, 5.74) is 0.920. The molecule has 1 heterocycles. The highest BCUT2D eigenvalue weighted by molar-refractivity contribution is 5.73. The summed E-state index contributed by atoms with van der Waals surface area (Å²) in [6, 6.07) is 0.266. The van der Waals surface area contributed by atoms with Gasteiger partial charge in [-0.2, -0.15) is 0 Å². The smallest absolute Gasteiger partial charge is 0.217 e. The maximum atomic E-state index is 11.2. The Morgan fingerprint density at radius 2 is 2.42 bits per heavy atom. The predicted octanol–water partition coefficient (Wildman–Crippen LogP) is 0.508. The standard InChI is InChI=1S/C13H22N4O2/c1-10(19)14-13-6-2-4-11(13)8-17-9-12(15-16-17)5-3-7-18/h9,11,13,18H,2-8H2,1H3,(H,14,19)/t11-,13-/m1/s1. The fraction of sp³-hybridized carbons (Fsp3) is 0.769. The molecule has 6 nitrogen and oxygen atoms in total. The van der Waals surface area contributed by atoms with Crippen molar-refractivity contribution in [1.82, 2.24) is 20.3 Å². The number of rotatable bonds is 6. The predicted molar refractivity (Wildman–Crippen MR) is 70.4 cm³/mol. The van der Waals surface area contributed by atoms with Gasteiger partial charge in [-0.05, 0) is 31.6 Å². The van der Waals surface area contributed by atoms with Gasteiger partial charge in [-0.1, -0.05) is 11.6 Å². The molecule has 1 aromatic heterocycles. The lowest BCUT2D eigenvalue weighted by Crippen LogP contribution is -2.37. The van der Waals surface area contributed by atoms with Crippen molar-refractivity contribution in [3.63, 3.8) is 0 Å². The van der Waals surface area contributed by atoms with Crippen LogP contribution in [0.15, 0.2) is 6.20 Å². The average Bonchev–Trinajstić information content (AvgIpc) is 2.97. The first-order chi connectivity index (χ1) is 9.19. The molecule has 6 heteroatoms. The molecular formula is C13H22N4O2. The Kier molecular flexibility index (Phi) is 4.90. The van der Waals surface area contributed by atoms with Gasteiger partial charge in [0.2, 0.25) is 5.91 Å². The number of hydrogen-bond acceptors (Lipinski definition) is 4. The largest absolute Gasteiger partial charge is 0.396 e. The lowest BCUT2D eigenvalue weighted by Gasteiger charge is -2.19. The zero-order valence-corrected chi connectivity index (χ0v) is 11.4.